The zero-order chi connectivity index (χ0) is 19.9. The lowest BCUT2D eigenvalue weighted by Gasteiger charge is -2.18. The first-order chi connectivity index (χ1) is 12.3. The maximum absolute atomic E-state index is 12.1. The Morgan fingerprint density at radius 2 is 1.81 bits per heavy atom. The normalized spacial score (nSPS) is 12.8. The summed E-state index contributed by atoms with van der Waals surface area (Å²) in [6.07, 6.45) is 4.39. The average Bonchev–Trinajstić information content (AvgIpc) is 2.59. The van der Waals surface area contributed by atoms with Crippen molar-refractivity contribution >= 4 is 35.5 Å². The Bertz CT molecular complexity index is 475. The van der Waals surface area contributed by atoms with E-state index < -0.39 is 42.4 Å². The van der Waals surface area contributed by atoms with Crippen LogP contribution in [-0.2, 0) is 19.2 Å². The van der Waals surface area contributed by atoms with E-state index in [9.17, 15) is 19.2 Å². The first-order valence-corrected chi connectivity index (χ1v) is 9.85. The minimum absolute atomic E-state index is 0.0643. The van der Waals surface area contributed by atoms with Crippen LogP contribution in [0.1, 0.15) is 45.4 Å². The molecule has 0 aromatic heterocycles. The van der Waals surface area contributed by atoms with E-state index in [1.165, 1.54) is 11.8 Å². The van der Waals surface area contributed by atoms with Crippen LogP contribution in [0.25, 0.3) is 0 Å². The first kappa shape index (κ1) is 24.2. The average molecular weight is 392 g/mol. The zero-order valence-corrected chi connectivity index (χ0v) is 16.0. The number of carboxylic acids is 2. The maximum Gasteiger partial charge on any atom is 0.362 e. The molecule has 0 rings (SSSR count). The highest BCUT2D eigenvalue weighted by atomic mass is 32.2. The summed E-state index contributed by atoms with van der Waals surface area (Å²) in [5.41, 5.74) is 3.43. The topological polar surface area (TPSA) is 160 Å². The number of aliphatic carboxylic acids is 2. The van der Waals surface area contributed by atoms with E-state index >= 15 is 0 Å². The molecule has 0 aliphatic heterocycles. The van der Waals surface area contributed by atoms with Crippen molar-refractivity contribution in [3.05, 3.63) is 0 Å². The van der Waals surface area contributed by atoms with E-state index in [0.29, 0.717) is 5.75 Å². The van der Waals surface area contributed by atoms with Crippen molar-refractivity contribution in [3.63, 3.8) is 0 Å². The quantitative estimate of drug-likeness (QED) is 0.234. The van der Waals surface area contributed by atoms with Gasteiger partial charge >= 0.3 is 11.9 Å². The molecule has 10 heteroatoms. The van der Waals surface area contributed by atoms with Crippen molar-refractivity contribution in [1.29, 1.82) is 0 Å². The molecule has 9 nitrogen and oxygen atoms in total. The summed E-state index contributed by atoms with van der Waals surface area (Å²) in [6.45, 7) is 1.60. The number of hydrogen-bond acceptors (Lipinski definition) is 5. The summed E-state index contributed by atoms with van der Waals surface area (Å²) in [4.78, 5) is 45.4. The van der Waals surface area contributed by atoms with Crippen LogP contribution >= 0.6 is 11.8 Å². The number of thioether (sulfide) groups is 1. The lowest BCUT2D eigenvalue weighted by atomic mass is 10.1. The van der Waals surface area contributed by atoms with Crippen molar-refractivity contribution in [2.75, 3.05) is 18.1 Å². The fourth-order valence-corrected chi connectivity index (χ4v) is 3.04. The van der Waals surface area contributed by atoms with Crippen molar-refractivity contribution in [2.45, 2.75) is 57.5 Å². The van der Waals surface area contributed by atoms with E-state index in [4.69, 9.17) is 10.2 Å². The van der Waals surface area contributed by atoms with E-state index in [0.717, 1.165) is 31.4 Å². The number of carboxylic acid groups (broad SMARTS) is 2. The van der Waals surface area contributed by atoms with Crippen molar-refractivity contribution in [3.8, 4) is 0 Å². The molecular weight excluding hydrogens is 362 g/mol. The molecule has 0 bridgehead atoms. The Labute approximate surface area is 157 Å². The highest BCUT2D eigenvalue weighted by molar-refractivity contribution is 7.99. The van der Waals surface area contributed by atoms with Crippen LogP contribution in [0, 0.1) is 0 Å². The van der Waals surface area contributed by atoms with Gasteiger partial charge in [0.2, 0.25) is 11.8 Å². The minimum Gasteiger partial charge on any atom is -0.480 e. The highest BCUT2D eigenvalue weighted by Crippen LogP contribution is 2.09. The smallest absolute Gasteiger partial charge is 0.362 e. The van der Waals surface area contributed by atoms with E-state index in [-0.39, 0.29) is 12.8 Å². The SMILES string of the molecule is CCCCCCSCC(NC(=O)CCC([NH3+])C(=O)O)C(=O)NCC(=O)O. The second kappa shape index (κ2) is 14.4. The van der Waals surface area contributed by atoms with Crippen LogP contribution in [0.15, 0.2) is 0 Å². The van der Waals surface area contributed by atoms with Gasteiger partial charge in [-0.15, -0.1) is 0 Å². The third-order valence-electron chi connectivity index (χ3n) is 3.56. The van der Waals surface area contributed by atoms with Crippen LogP contribution in [0.3, 0.4) is 0 Å². The van der Waals surface area contributed by atoms with Gasteiger partial charge in [-0.2, -0.15) is 11.8 Å². The third-order valence-corrected chi connectivity index (χ3v) is 4.71. The van der Waals surface area contributed by atoms with Crippen LogP contribution in [-0.4, -0.2) is 64.1 Å². The number of carbonyl (C=O) groups is 4. The Morgan fingerprint density at radius 3 is 2.38 bits per heavy atom. The minimum atomic E-state index is -1.17. The van der Waals surface area contributed by atoms with Gasteiger partial charge in [-0.1, -0.05) is 26.2 Å². The van der Waals surface area contributed by atoms with Gasteiger partial charge in [-0.25, -0.2) is 4.79 Å². The summed E-state index contributed by atoms with van der Waals surface area (Å²) in [5.74, 6) is -2.10. The summed E-state index contributed by atoms with van der Waals surface area (Å²) in [5, 5.41) is 22.2. The fraction of sp³-hybridized carbons (Fsp3) is 0.750. The maximum atomic E-state index is 12.1. The van der Waals surface area contributed by atoms with Gasteiger partial charge in [0.05, 0.1) is 0 Å². The van der Waals surface area contributed by atoms with Crippen LogP contribution in [0.4, 0.5) is 0 Å². The van der Waals surface area contributed by atoms with Gasteiger partial charge in [-0.3, -0.25) is 14.4 Å². The molecule has 2 atom stereocenters. The molecule has 0 aromatic rings. The predicted octanol–water partition coefficient (Wildman–Crippen LogP) is -0.539. The number of nitrogens with one attached hydrogen (secondary N) is 2. The molecule has 2 amide bonds. The summed E-state index contributed by atoms with van der Waals surface area (Å²) >= 11 is 1.52. The van der Waals surface area contributed by atoms with E-state index in [1.807, 2.05) is 0 Å². The summed E-state index contributed by atoms with van der Waals surface area (Å²) in [7, 11) is 0. The molecule has 0 fully saturated rings. The summed E-state index contributed by atoms with van der Waals surface area (Å²) < 4.78 is 0. The Hall–Kier alpha value is -1.81. The zero-order valence-electron chi connectivity index (χ0n) is 15.2. The highest BCUT2D eigenvalue weighted by Gasteiger charge is 2.23. The number of hydrogen-bond donors (Lipinski definition) is 5. The first-order valence-electron chi connectivity index (χ1n) is 8.70. The largest absolute Gasteiger partial charge is 0.480 e. The van der Waals surface area contributed by atoms with Gasteiger partial charge in [-0.05, 0) is 12.2 Å². The number of quaternary nitrogens is 1. The number of amides is 2. The molecule has 0 aliphatic carbocycles. The Morgan fingerprint density at radius 1 is 1.12 bits per heavy atom. The molecule has 0 heterocycles. The molecule has 0 spiro atoms. The van der Waals surface area contributed by atoms with E-state index in [1.54, 1.807) is 0 Å². The molecule has 0 aromatic carbocycles. The van der Waals surface area contributed by atoms with Gasteiger partial charge in [0.1, 0.15) is 12.6 Å². The number of carbonyl (C=O) groups excluding carboxylic acids is 2. The fourth-order valence-electron chi connectivity index (χ4n) is 2.00. The van der Waals surface area contributed by atoms with Gasteiger partial charge < -0.3 is 26.6 Å². The lowest BCUT2D eigenvalue weighted by molar-refractivity contribution is -0.408. The molecule has 0 aliphatic rings. The predicted molar refractivity (Wildman–Crippen MR) is 97.6 cm³/mol. The number of unbranched alkanes of at least 4 members (excludes halogenated alkanes) is 3. The second-order valence-corrected chi connectivity index (χ2v) is 7.09. The molecular formula is C16H30N3O6S+. The van der Waals surface area contributed by atoms with Crippen LogP contribution < -0.4 is 16.4 Å². The van der Waals surface area contributed by atoms with Crippen molar-refractivity contribution < 1.29 is 35.1 Å². The van der Waals surface area contributed by atoms with Gasteiger partial charge in [0.25, 0.3) is 0 Å². The van der Waals surface area contributed by atoms with Crippen LogP contribution in [0.5, 0.6) is 0 Å². The second-order valence-electron chi connectivity index (χ2n) is 5.94. The number of rotatable bonds is 15. The van der Waals surface area contributed by atoms with Gasteiger partial charge in [0.15, 0.2) is 6.04 Å². The molecule has 150 valence electrons. The summed E-state index contributed by atoms with van der Waals surface area (Å²) in [6, 6.07) is -1.75. The van der Waals surface area contributed by atoms with Crippen molar-refractivity contribution in [2.24, 2.45) is 0 Å². The molecule has 0 saturated carbocycles. The molecule has 2 unspecified atom stereocenters. The van der Waals surface area contributed by atoms with Crippen LogP contribution in [0.2, 0.25) is 0 Å². The van der Waals surface area contributed by atoms with Crippen molar-refractivity contribution in [1.82, 2.24) is 10.6 Å². The monoisotopic (exact) mass is 392 g/mol. The van der Waals surface area contributed by atoms with Gasteiger partial charge in [0, 0.05) is 18.6 Å². The molecule has 0 saturated heterocycles. The Balaban J connectivity index is 4.46. The van der Waals surface area contributed by atoms with E-state index in [2.05, 4.69) is 23.3 Å². The molecule has 26 heavy (non-hydrogen) atoms. The third kappa shape index (κ3) is 12.5. The molecule has 7 N–H and O–H groups in total. The lowest BCUT2D eigenvalue weighted by Crippen LogP contribution is -2.65. The standard InChI is InChI=1S/C16H29N3O6S/c1-2-3-4-5-8-26-10-12(15(23)18-9-14(21)22)19-13(20)7-6-11(17)16(24)25/h11-12H,2-10,17H2,1H3,(H,18,23)(H,19,20)(H,21,22)(H,24,25)/p+1. The molecule has 0 radical (unpaired) electrons. The Kier molecular flexibility index (Phi) is 13.4.